The lowest BCUT2D eigenvalue weighted by atomic mass is 10.1. The van der Waals surface area contributed by atoms with Gasteiger partial charge < -0.3 is 4.42 Å². The van der Waals surface area contributed by atoms with Gasteiger partial charge >= 0.3 is 0 Å². The molecule has 18 heavy (non-hydrogen) atoms. The van der Waals surface area contributed by atoms with Crippen LogP contribution < -0.4 is 0 Å². The molecule has 0 unspecified atom stereocenters. The van der Waals surface area contributed by atoms with Crippen LogP contribution in [-0.4, -0.2) is 9.97 Å². The van der Waals surface area contributed by atoms with Gasteiger partial charge in [-0.25, -0.2) is 4.98 Å². The Morgan fingerprint density at radius 3 is 2.50 bits per heavy atom. The second-order valence-corrected chi connectivity index (χ2v) is 4.01. The summed E-state index contributed by atoms with van der Waals surface area (Å²) >= 11 is 0. The first-order valence-electron chi connectivity index (χ1n) is 5.81. The van der Waals surface area contributed by atoms with E-state index in [1.807, 2.05) is 36.4 Å². The summed E-state index contributed by atoms with van der Waals surface area (Å²) in [5, 5.41) is 0. The van der Waals surface area contributed by atoms with Gasteiger partial charge in [-0.1, -0.05) is 36.4 Å². The lowest BCUT2D eigenvalue weighted by Crippen LogP contribution is -1.91. The molecule has 0 fully saturated rings. The first-order chi connectivity index (χ1) is 8.93. The van der Waals surface area contributed by atoms with Crippen molar-refractivity contribution in [1.29, 1.82) is 0 Å². The molecule has 1 aromatic carbocycles. The molecule has 0 saturated carbocycles. The van der Waals surface area contributed by atoms with Gasteiger partial charge in [-0.05, 0) is 17.7 Å². The van der Waals surface area contributed by atoms with Crippen molar-refractivity contribution in [2.24, 2.45) is 0 Å². The van der Waals surface area contributed by atoms with Gasteiger partial charge in [0.1, 0.15) is 5.69 Å². The van der Waals surface area contributed by atoms with E-state index in [1.165, 1.54) is 12.0 Å². The van der Waals surface area contributed by atoms with Gasteiger partial charge in [0.15, 0.2) is 12.2 Å². The van der Waals surface area contributed by atoms with E-state index in [2.05, 4.69) is 22.1 Å². The predicted octanol–water partition coefficient (Wildman–Crippen LogP) is 3.33. The first-order valence-corrected chi connectivity index (χ1v) is 5.81. The molecule has 0 amide bonds. The van der Waals surface area contributed by atoms with E-state index in [-0.39, 0.29) is 0 Å². The van der Waals surface area contributed by atoms with Crippen LogP contribution in [0.25, 0.3) is 11.5 Å². The van der Waals surface area contributed by atoms with Crippen molar-refractivity contribution in [1.82, 2.24) is 9.97 Å². The zero-order valence-corrected chi connectivity index (χ0v) is 9.78. The summed E-state index contributed by atoms with van der Waals surface area (Å²) in [4.78, 5) is 8.57. The maximum Gasteiger partial charge on any atom is 0.181 e. The van der Waals surface area contributed by atoms with Crippen molar-refractivity contribution in [3.63, 3.8) is 0 Å². The number of hydrogen-bond acceptors (Lipinski definition) is 3. The molecule has 2 heterocycles. The normalized spacial score (nSPS) is 10.4. The average Bonchev–Trinajstić information content (AvgIpc) is 2.89. The summed E-state index contributed by atoms with van der Waals surface area (Å²) in [6.07, 6.45) is 3.98. The second kappa shape index (κ2) is 4.84. The summed E-state index contributed by atoms with van der Waals surface area (Å²) in [7, 11) is 0. The van der Waals surface area contributed by atoms with Crippen LogP contribution in [0.15, 0.2) is 65.5 Å². The monoisotopic (exact) mass is 236 g/mol. The Labute approximate surface area is 105 Å². The molecule has 0 atom stereocenters. The van der Waals surface area contributed by atoms with E-state index in [1.54, 1.807) is 6.20 Å². The molecule has 0 aliphatic carbocycles. The smallest absolute Gasteiger partial charge is 0.181 e. The number of oxazole rings is 1. The van der Waals surface area contributed by atoms with Crippen LogP contribution >= 0.6 is 0 Å². The number of aromatic nitrogens is 2. The zero-order chi connectivity index (χ0) is 12.2. The van der Waals surface area contributed by atoms with Crippen LogP contribution in [-0.2, 0) is 6.42 Å². The summed E-state index contributed by atoms with van der Waals surface area (Å²) in [6, 6.07) is 16.0. The zero-order valence-electron chi connectivity index (χ0n) is 9.78. The van der Waals surface area contributed by atoms with Gasteiger partial charge in [0.25, 0.3) is 0 Å². The van der Waals surface area contributed by atoms with Crippen LogP contribution in [0, 0.1) is 0 Å². The third-order valence-electron chi connectivity index (χ3n) is 2.75. The van der Waals surface area contributed by atoms with Gasteiger partial charge in [0.2, 0.25) is 0 Å². The standard InChI is InChI=1S/C15H12N2O/c1-2-6-12(7-3-1)10-14-15(18-11-17-14)13-8-4-5-9-16-13/h1-9,11H,10H2. The molecular formula is C15H12N2O. The van der Waals surface area contributed by atoms with Gasteiger partial charge in [-0.15, -0.1) is 0 Å². The summed E-state index contributed by atoms with van der Waals surface area (Å²) in [6.45, 7) is 0. The van der Waals surface area contributed by atoms with Crippen molar-refractivity contribution in [2.45, 2.75) is 6.42 Å². The molecule has 0 N–H and O–H groups in total. The number of hydrogen-bond donors (Lipinski definition) is 0. The van der Waals surface area contributed by atoms with Crippen LogP contribution in [0.4, 0.5) is 0 Å². The molecule has 3 rings (SSSR count). The van der Waals surface area contributed by atoms with Gasteiger partial charge in [-0.3, -0.25) is 4.98 Å². The Hall–Kier alpha value is -2.42. The van der Waals surface area contributed by atoms with Crippen LogP contribution in [0.3, 0.4) is 0 Å². The van der Waals surface area contributed by atoms with Crippen molar-refractivity contribution in [3.8, 4) is 11.5 Å². The number of nitrogens with zero attached hydrogens (tertiary/aromatic N) is 2. The highest BCUT2D eigenvalue weighted by Crippen LogP contribution is 2.22. The first kappa shape index (κ1) is 10.7. The molecule has 88 valence electrons. The van der Waals surface area contributed by atoms with Crippen molar-refractivity contribution >= 4 is 0 Å². The molecule has 0 radical (unpaired) electrons. The highest BCUT2D eigenvalue weighted by atomic mass is 16.3. The van der Waals surface area contributed by atoms with Gasteiger partial charge in [0, 0.05) is 12.6 Å². The molecule has 3 heteroatoms. The average molecular weight is 236 g/mol. The Kier molecular flexibility index (Phi) is 2.88. The third-order valence-corrected chi connectivity index (χ3v) is 2.75. The summed E-state index contributed by atoms with van der Waals surface area (Å²) in [5.41, 5.74) is 2.95. The number of pyridine rings is 1. The predicted molar refractivity (Wildman–Crippen MR) is 69.0 cm³/mol. The fraction of sp³-hybridized carbons (Fsp3) is 0.0667. The maximum atomic E-state index is 5.45. The molecule has 0 spiro atoms. The van der Waals surface area contributed by atoms with E-state index in [9.17, 15) is 0 Å². The Morgan fingerprint density at radius 2 is 1.72 bits per heavy atom. The number of rotatable bonds is 3. The second-order valence-electron chi connectivity index (χ2n) is 4.01. The largest absolute Gasteiger partial charge is 0.442 e. The Balaban J connectivity index is 1.93. The molecule has 3 nitrogen and oxygen atoms in total. The van der Waals surface area contributed by atoms with Gasteiger partial charge in [-0.2, -0.15) is 0 Å². The Morgan fingerprint density at radius 1 is 0.889 bits per heavy atom. The van der Waals surface area contributed by atoms with E-state index >= 15 is 0 Å². The molecule has 3 aromatic rings. The van der Waals surface area contributed by atoms with Crippen LogP contribution in [0.2, 0.25) is 0 Å². The van der Waals surface area contributed by atoms with E-state index < -0.39 is 0 Å². The minimum absolute atomic E-state index is 0.749. The molecule has 0 bridgehead atoms. The minimum atomic E-state index is 0.749. The van der Waals surface area contributed by atoms with E-state index in [0.717, 1.165) is 23.6 Å². The SMILES string of the molecule is c1ccc(Cc2ncoc2-c2ccccn2)cc1. The highest BCUT2D eigenvalue weighted by molar-refractivity contribution is 5.55. The maximum absolute atomic E-state index is 5.45. The molecule has 0 saturated heterocycles. The van der Waals surface area contributed by atoms with Crippen molar-refractivity contribution < 1.29 is 4.42 Å². The lowest BCUT2D eigenvalue weighted by molar-refractivity contribution is 0.569. The fourth-order valence-electron chi connectivity index (χ4n) is 1.89. The minimum Gasteiger partial charge on any atom is -0.442 e. The lowest BCUT2D eigenvalue weighted by Gasteiger charge is -2.00. The quantitative estimate of drug-likeness (QED) is 0.700. The third kappa shape index (κ3) is 2.15. The fourth-order valence-corrected chi connectivity index (χ4v) is 1.89. The molecule has 0 aliphatic rings. The molecular weight excluding hydrogens is 224 g/mol. The van der Waals surface area contributed by atoms with Gasteiger partial charge in [0.05, 0.1) is 5.69 Å². The number of benzene rings is 1. The van der Waals surface area contributed by atoms with E-state index in [0.29, 0.717) is 0 Å². The van der Waals surface area contributed by atoms with Crippen LogP contribution in [0.1, 0.15) is 11.3 Å². The molecule has 0 aliphatic heterocycles. The van der Waals surface area contributed by atoms with Crippen molar-refractivity contribution in [2.75, 3.05) is 0 Å². The van der Waals surface area contributed by atoms with E-state index in [4.69, 9.17) is 4.42 Å². The Bertz CT molecular complexity index is 617. The topological polar surface area (TPSA) is 38.9 Å². The molecule has 2 aromatic heterocycles. The highest BCUT2D eigenvalue weighted by Gasteiger charge is 2.11. The van der Waals surface area contributed by atoms with Crippen LogP contribution in [0.5, 0.6) is 0 Å². The summed E-state index contributed by atoms with van der Waals surface area (Å²) < 4.78 is 5.45. The van der Waals surface area contributed by atoms with Crippen molar-refractivity contribution in [3.05, 3.63) is 72.4 Å². The summed E-state index contributed by atoms with van der Waals surface area (Å²) in [5.74, 6) is 0.749.